The maximum absolute atomic E-state index is 10.7. The van der Waals surface area contributed by atoms with Crippen LogP contribution in [0.1, 0.15) is 6.92 Å². The van der Waals surface area contributed by atoms with Crippen LogP contribution in [0, 0.1) is 0 Å². The third-order valence-electron chi connectivity index (χ3n) is 0.869. The Balaban J connectivity index is 3.31. The summed E-state index contributed by atoms with van der Waals surface area (Å²) in [5.74, 6) is -0.329. The SMILES string of the molecule is C=C(C)C(=O)OC[SiH2]OC. The van der Waals surface area contributed by atoms with Crippen molar-refractivity contribution in [3.8, 4) is 0 Å². The van der Waals surface area contributed by atoms with Gasteiger partial charge in [0, 0.05) is 12.7 Å². The van der Waals surface area contributed by atoms with Gasteiger partial charge >= 0.3 is 5.97 Å². The molecule has 3 nitrogen and oxygen atoms in total. The average Bonchev–Trinajstić information content (AvgIpc) is 1.88. The molecule has 0 saturated carbocycles. The van der Waals surface area contributed by atoms with Crippen molar-refractivity contribution in [2.75, 3.05) is 13.3 Å². The molecule has 0 heterocycles. The minimum atomic E-state index is -0.637. The topological polar surface area (TPSA) is 35.5 Å². The molecule has 0 aromatic heterocycles. The van der Waals surface area contributed by atoms with E-state index in [0.717, 1.165) is 0 Å². The third-order valence-corrected chi connectivity index (χ3v) is 1.65. The van der Waals surface area contributed by atoms with E-state index in [1.54, 1.807) is 14.0 Å². The fourth-order valence-electron chi connectivity index (χ4n) is 0.341. The lowest BCUT2D eigenvalue weighted by molar-refractivity contribution is -0.137. The molecule has 0 aliphatic heterocycles. The molecular weight excluding hydrogens is 148 g/mol. The summed E-state index contributed by atoms with van der Waals surface area (Å²) >= 11 is 0. The van der Waals surface area contributed by atoms with Gasteiger partial charge in [-0.25, -0.2) is 4.79 Å². The molecule has 0 aliphatic carbocycles. The van der Waals surface area contributed by atoms with Crippen LogP contribution in [0.3, 0.4) is 0 Å². The molecule has 10 heavy (non-hydrogen) atoms. The van der Waals surface area contributed by atoms with Gasteiger partial charge in [-0.05, 0) is 6.92 Å². The van der Waals surface area contributed by atoms with E-state index in [1.807, 2.05) is 0 Å². The Labute approximate surface area is 63.0 Å². The van der Waals surface area contributed by atoms with Gasteiger partial charge in [0.05, 0.1) is 0 Å². The highest BCUT2D eigenvalue weighted by atomic mass is 28.2. The highest BCUT2D eigenvalue weighted by Gasteiger charge is 2.00. The lowest BCUT2D eigenvalue weighted by Crippen LogP contribution is -2.12. The van der Waals surface area contributed by atoms with Crippen molar-refractivity contribution in [2.24, 2.45) is 0 Å². The van der Waals surface area contributed by atoms with Gasteiger partial charge in [-0.3, -0.25) is 0 Å². The number of carbonyl (C=O) groups is 1. The Kier molecular flexibility index (Phi) is 4.88. The Morgan fingerprint density at radius 1 is 1.70 bits per heavy atom. The zero-order valence-corrected chi connectivity index (χ0v) is 7.76. The molecule has 0 saturated heterocycles. The van der Waals surface area contributed by atoms with E-state index in [9.17, 15) is 4.79 Å². The fourth-order valence-corrected chi connectivity index (χ4v) is 0.776. The number of hydrogen-bond acceptors (Lipinski definition) is 3. The predicted molar refractivity (Wildman–Crippen MR) is 41.3 cm³/mol. The van der Waals surface area contributed by atoms with E-state index in [-0.39, 0.29) is 5.97 Å². The van der Waals surface area contributed by atoms with E-state index in [1.165, 1.54) is 0 Å². The van der Waals surface area contributed by atoms with Crippen molar-refractivity contribution >= 4 is 15.7 Å². The Morgan fingerprint density at radius 3 is 2.70 bits per heavy atom. The van der Waals surface area contributed by atoms with E-state index >= 15 is 0 Å². The van der Waals surface area contributed by atoms with E-state index in [0.29, 0.717) is 11.8 Å². The molecule has 0 fully saturated rings. The number of esters is 1. The first-order chi connectivity index (χ1) is 4.68. The van der Waals surface area contributed by atoms with Gasteiger partial charge < -0.3 is 9.16 Å². The summed E-state index contributed by atoms with van der Waals surface area (Å²) in [5.41, 5.74) is 0.435. The van der Waals surface area contributed by atoms with Crippen LogP contribution < -0.4 is 0 Å². The summed E-state index contributed by atoms with van der Waals surface area (Å²) in [5, 5.41) is 0. The molecule has 0 radical (unpaired) electrons. The van der Waals surface area contributed by atoms with Crippen molar-refractivity contribution in [3.63, 3.8) is 0 Å². The normalized spacial score (nSPS) is 10.2. The van der Waals surface area contributed by atoms with Gasteiger partial charge in [0.25, 0.3) is 0 Å². The minimum absolute atomic E-state index is 0.329. The molecule has 0 amide bonds. The molecule has 0 N–H and O–H groups in total. The number of hydrogen-bond donors (Lipinski definition) is 0. The highest BCUT2D eigenvalue weighted by Crippen LogP contribution is 1.90. The van der Waals surface area contributed by atoms with Crippen LogP contribution in [0.25, 0.3) is 0 Å². The smallest absolute Gasteiger partial charge is 0.332 e. The zero-order valence-electron chi connectivity index (χ0n) is 6.35. The molecule has 0 aliphatic rings. The molecular formula is C6H12O3Si. The summed E-state index contributed by atoms with van der Waals surface area (Å²) in [6.07, 6.45) is 0.433. The van der Waals surface area contributed by atoms with Crippen molar-refractivity contribution in [3.05, 3.63) is 12.2 Å². The maximum Gasteiger partial charge on any atom is 0.332 e. The van der Waals surface area contributed by atoms with Crippen LogP contribution in [0.15, 0.2) is 12.2 Å². The summed E-state index contributed by atoms with van der Waals surface area (Å²) in [6.45, 7) is 5.06. The van der Waals surface area contributed by atoms with E-state index in [4.69, 9.17) is 9.16 Å². The Hall–Kier alpha value is -0.613. The molecule has 0 rings (SSSR count). The molecule has 0 unspecified atom stereocenters. The lowest BCUT2D eigenvalue weighted by atomic mass is 10.4. The van der Waals surface area contributed by atoms with Crippen molar-refractivity contribution in [1.82, 2.24) is 0 Å². The van der Waals surface area contributed by atoms with Gasteiger partial charge in [-0.1, -0.05) is 6.58 Å². The van der Waals surface area contributed by atoms with Crippen LogP contribution in [0.5, 0.6) is 0 Å². The molecule has 0 spiro atoms. The summed E-state index contributed by atoms with van der Waals surface area (Å²) in [4.78, 5) is 10.7. The van der Waals surface area contributed by atoms with Crippen molar-refractivity contribution in [2.45, 2.75) is 6.92 Å². The number of rotatable bonds is 4. The summed E-state index contributed by atoms with van der Waals surface area (Å²) in [6, 6.07) is 0. The molecule has 0 atom stereocenters. The van der Waals surface area contributed by atoms with E-state index in [2.05, 4.69) is 6.58 Å². The Morgan fingerprint density at radius 2 is 2.30 bits per heavy atom. The maximum atomic E-state index is 10.7. The summed E-state index contributed by atoms with van der Waals surface area (Å²) < 4.78 is 9.55. The minimum Gasteiger partial charge on any atom is -0.464 e. The van der Waals surface area contributed by atoms with Gasteiger partial charge in [-0.15, -0.1) is 0 Å². The average molecular weight is 160 g/mol. The Bertz CT molecular complexity index is 133. The predicted octanol–water partition coefficient (Wildman–Crippen LogP) is -0.207. The van der Waals surface area contributed by atoms with Gasteiger partial charge in [0.1, 0.15) is 6.23 Å². The number of ether oxygens (including phenoxy) is 1. The zero-order chi connectivity index (χ0) is 7.98. The van der Waals surface area contributed by atoms with Crippen molar-refractivity contribution in [1.29, 1.82) is 0 Å². The van der Waals surface area contributed by atoms with Crippen LogP contribution in [-0.2, 0) is 14.0 Å². The van der Waals surface area contributed by atoms with Gasteiger partial charge in [0.2, 0.25) is 9.76 Å². The second-order valence-corrected chi connectivity index (χ2v) is 3.30. The standard InChI is InChI=1S/C6H12O3Si/c1-5(2)6(7)9-4-10-8-3/h1,4,10H2,2-3H3. The van der Waals surface area contributed by atoms with Crippen LogP contribution in [0.4, 0.5) is 0 Å². The van der Waals surface area contributed by atoms with E-state index < -0.39 is 9.76 Å². The highest BCUT2D eigenvalue weighted by molar-refractivity contribution is 6.27. The summed E-state index contributed by atoms with van der Waals surface area (Å²) in [7, 11) is 0.975. The molecule has 4 heteroatoms. The fraction of sp³-hybridized carbons (Fsp3) is 0.500. The first-order valence-electron chi connectivity index (χ1n) is 3.00. The monoisotopic (exact) mass is 160 g/mol. The lowest BCUT2D eigenvalue weighted by Gasteiger charge is -2.00. The molecule has 0 aromatic carbocycles. The second kappa shape index (κ2) is 5.19. The molecule has 58 valence electrons. The quantitative estimate of drug-likeness (QED) is 0.247. The first-order valence-corrected chi connectivity index (χ1v) is 4.57. The van der Waals surface area contributed by atoms with Crippen molar-refractivity contribution < 1.29 is 14.0 Å². The third kappa shape index (κ3) is 4.28. The van der Waals surface area contributed by atoms with Crippen LogP contribution >= 0.6 is 0 Å². The van der Waals surface area contributed by atoms with Gasteiger partial charge in [0.15, 0.2) is 0 Å². The molecule has 0 aromatic rings. The molecule has 0 bridgehead atoms. The van der Waals surface area contributed by atoms with Gasteiger partial charge in [-0.2, -0.15) is 0 Å². The van der Waals surface area contributed by atoms with Crippen LogP contribution in [0.2, 0.25) is 0 Å². The second-order valence-electron chi connectivity index (χ2n) is 1.91. The van der Waals surface area contributed by atoms with Crippen LogP contribution in [-0.4, -0.2) is 29.1 Å². The largest absolute Gasteiger partial charge is 0.464 e. The first kappa shape index (κ1) is 9.39. The number of carbonyl (C=O) groups excluding carboxylic acids is 1.